The molecule has 0 aromatic carbocycles. The molecule has 1 aliphatic heterocycles. The number of carbonyl (C=O) groups excluding carboxylic acids is 1. The van der Waals surface area contributed by atoms with Crippen LogP contribution in [-0.4, -0.2) is 23.6 Å². The molecule has 1 aromatic heterocycles. The molecule has 0 saturated carbocycles. The Bertz CT molecular complexity index is 485. The lowest BCUT2D eigenvalue weighted by atomic mass is 10.2. The fourth-order valence-electron chi connectivity index (χ4n) is 2.19. The predicted octanol–water partition coefficient (Wildman–Crippen LogP) is 3.48. The zero-order valence-corrected chi connectivity index (χ0v) is 14.0. The zero-order chi connectivity index (χ0) is 14.9. The van der Waals surface area contributed by atoms with Crippen LogP contribution in [0.25, 0.3) is 6.08 Å². The van der Waals surface area contributed by atoms with Crippen LogP contribution in [0.1, 0.15) is 31.9 Å². The Morgan fingerprint density at radius 2 is 2.38 bits per heavy atom. The van der Waals surface area contributed by atoms with Gasteiger partial charge in [-0.05, 0) is 19.4 Å². The second-order valence-corrected chi connectivity index (χ2v) is 7.56. The van der Waals surface area contributed by atoms with Gasteiger partial charge in [0.15, 0.2) is 6.20 Å². The molecule has 0 aliphatic carbocycles. The van der Waals surface area contributed by atoms with Crippen LogP contribution in [0, 0.1) is 0 Å². The van der Waals surface area contributed by atoms with Crippen LogP contribution in [0.3, 0.4) is 0 Å². The molecule has 2 heterocycles. The second-order valence-electron chi connectivity index (χ2n) is 4.93. The molecule has 21 heavy (non-hydrogen) atoms. The number of ether oxygens (including phenoxy) is 1. The molecule has 0 spiro atoms. The number of nitrogens with zero attached hydrogens (tertiary/aromatic N) is 1. The summed E-state index contributed by atoms with van der Waals surface area (Å²) in [5, 5.41) is 0. The summed E-state index contributed by atoms with van der Waals surface area (Å²) in [6.07, 6.45) is 8.57. The molecule has 0 bridgehead atoms. The molecule has 0 amide bonds. The zero-order valence-electron chi connectivity index (χ0n) is 12.4. The van der Waals surface area contributed by atoms with Crippen molar-refractivity contribution in [2.45, 2.75) is 38.8 Å². The summed E-state index contributed by atoms with van der Waals surface area (Å²) >= 11 is 0. The van der Waals surface area contributed by atoms with Crippen molar-refractivity contribution in [2.75, 3.05) is 11.5 Å². The maximum Gasteiger partial charge on any atom is 0.306 e. The minimum Gasteiger partial charge on any atom is -0.461 e. The average Bonchev–Trinajstić information content (AvgIpc) is 2.50. The molecule has 0 radical (unpaired) electrons. The quantitative estimate of drug-likeness (QED) is 0.455. The molecule has 1 unspecified atom stereocenters. The Balaban J connectivity index is 1.74. The van der Waals surface area contributed by atoms with E-state index in [9.17, 15) is 4.79 Å². The van der Waals surface area contributed by atoms with Gasteiger partial charge in [-0.25, -0.2) is 0 Å². The molecular weight excluding hydrogens is 302 g/mol. The van der Waals surface area contributed by atoms with Crippen LogP contribution in [0.15, 0.2) is 30.5 Å². The highest BCUT2D eigenvalue weighted by molar-refractivity contribution is 8.76. The molecular formula is C16H22NO2S2+. The number of esters is 1. The van der Waals surface area contributed by atoms with Gasteiger partial charge in [-0.15, -0.1) is 0 Å². The SMILES string of the molecule is CC=Cc1cccc[n+]1CCCC(=O)OC1CCSSC1. The molecule has 5 heteroatoms. The molecule has 1 aliphatic rings. The largest absolute Gasteiger partial charge is 0.461 e. The highest BCUT2D eigenvalue weighted by Gasteiger charge is 2.18. The van der Waals surface area contributed by atoms with Crippen LogP contribution in [0.4, 0.5) is 0 Å². The van der Waals surface area contributed by atoms with Gasteiger partial charge in [0.25, 0.3) is 0 Å². The molecule has 1 aromatic rings. The number of rotatable bonds is 6. The Labute approximate surface area is 134 Å². The fraction of sp³-hybridized carbons (Fsp3) is 0.500. The summed E-state index contributed by atoms with van der Waals surface area (Å²) < 4.78 is 7.68. The van der Waals surface area contributed by atoms with Crippen molar-refractivity contribution >= 4 is 33.6 Å². The number of hydrogen-bond donors (Lipinski definition) is 0. The van der Waals surface area contributed by atoms with Gasteiger partial charge < -0.3 is 4.74 Å². The second kappa shape index (κ2) is 9.15. The lowest BCUT2D eigenvalue weighted by Crippen LogP contribution is -2.36. The minimum absolute atomic E-state index is 0.0587. The first-order valence-electron chi connectivity index (χ1n) is 7.34. The predicted molar refractivity (Wildman–Crippen MR) is 90.0 cm³/mol. The van der Waals surface area contributed by atoms with E-state index < -0.39 is 0 Å². The molecule has 2 rings (SSSR count). The number of allylic oxidation sites excluding steroid dienone is 1. The maximum absolute atomic E-state index is 11.9. The van der Waals surface area contributed by atoms with Gasteiger partial charge in [0.1, 0.15) is 12.6 Å². The number of hydrogen-bond acceptors (Lipinski definition) is 4. The lowest BCUT2D eigenvalue weighted by molar-refractivity contribution is -0.698. The maximum atomic E-state index is 11.9. The summed E-state index contributed by atoms with van der Waals surface area (Å²) in [7, 11) is 3.66. The van der Waals surface area contributed by atoms with Crippen molar-refractivity contribution in [3.05, 3.63) is 36.2 Å². The van der Waals surface area contributed by atoms with Crippen LogP contribution >= 0.6 is 21.6 Å². The van der Waals surface area contributed by atoms with E-state index in [1.165, 1.54) is 0 Å². The van der Waals surface area contributed by atoms with Crippen LogP contribution in [0.2, 0.25) is 0 Å². The highest BCUT2D eigenvalue weighted by atomic mass is 33.1. The van der Waals surface area contributed by atoms with Gasteiger partial charge in [-0.2, -0.15) is 4.57 Å². The van der Waals surface area contributed by atoms with E-state index in [0.29, 0.717) is 6.42 Å². The molecule has 1 fully saturated rings. The third-order valence-corrected chi connectivity index (χ3v) is 5.74. The Morgan fingerprint density at radius 3 is 3.14 bits per heavy atom. The van der Waals surface area contributed by atoms with Crippen LogP contribution in [-0.2, 0) is 16.1 Å². The van der Waals surface area contributed by atoms with Crippen LogP contribution < -0.4 is 4.57 Å². The fourth-order valence-corrected chi connectivity index (χ4v) is 4.54. The monoisotopic (exact) mass is 324 g/mol. The Hall–Kier alpha value is -0.940. The van der Waals surface area contributed by atoms with E-state index in [4.69, 9.17) is 4.74 Å². The van der Waals surface area contributed by atoms with Gasteiger partial charge >= 0.3 is 5.97 Å². The van der Waals surface area contributed by atoms with Crippen molar-refractivity contribution in [3.8, 4) is 0 Å². The summed E-state index contributed by atoms with van der Waals surface area (Å²) in [4.78, 5) is 11.9. The molecule has 114 valence electrons. The summed E-state index contributed by atoms with van der Waals surface area (Å²) in [6.45, 7) is 2.85. The number of aryl methyl sites for hydroxylation is 1. The van der Waals surface area contributed by atoms with Crippen molar-refractivity contribution in [2.24, 2.45) is 0 Å². The third-order valence-electron chi connectivity index (χ3n) is 3.25. The van der Waals surface area contributed by atoms with E-state index in [1.807, 2.05) is 35.9 Å². The number of pyridine rings is 1. The molecule has 1 atom stereocenters. The number of aromatic nitrogens is 1. The van der Waals surface area contributed by atoms with E-state index in [1.54, 1.807) is 10.8 Å². The van der Waals surface area contributed by atoms with E-state index >= 15 is 0 Å². The Kier molecular flexibility index (Phi) is 7.16. The van der Waals surface area contributed by atoms with Crippen LogP contribution in [0.5, 0.6) is 0 Å². The van der Waals surface area contributed by atoms with Crippen molar-refractivity contribution in [1.82, 2.24) is 0 Å². The summed E-state index contributed by atoms with van der Waals surface area (Å²) in [5.41, 5.74) is 1.16. The molecule has 0 N–H and O–H groups in total. The first-order chi connectivity index (χ1) is 10.3. The highest BCUT2D eigenvalue weighted by Crippen LogP contribution is 2.30. The van der Waals surface area contributed by atoms with E-state index in [-0.39, 0.29) is 12.1 Å². The summed E-state index contributed by atoms with van der Waals surface area (Å²) in [6, 6.07) is 6.12. The van der Waals surface area contributed by atoms with Crippen molar-refractivity contribution in [3.63, 3.8) is 0 Å². The van der Waals surface area contributed by atoms with Crippen molar-refractivity contribution < 1.29 is 14.1 Å². The minimum atomic E-state index is -0.0587. The molecule has 3 nitrogen and oxygen atoms in total. The third kappa shape index (κ3) is 5.75. The number of carbonyl (C=O) groups is 1. The van der Waals surface area contributed by atoms with E-state index in [0.717, 1.165) is 36.6 Å². The first-order valence-corrected chi connectivity index (χ1v) is 9.83. The van der Waals surface area contributed by atoms with Gasteiger partial charge in [-0.3, -0.25) is 4.79 Å². The van der Waals surface area contributed by atoms with E-state index in [2.05, 4.69) is 22.9 Å². The topological polar surface area (TPSA) is 30.2 Å². The average molecular weight is 324 g/mol. The van der Waals surface area contributed by atoms with Crippen molar-refractivity contribution in [1.29, 1.82) is 0 Å². The first kappa shape index (κ1) is 16.4. The van der Waals surface area contributed by atoms with Gasteiger partial charge in [0.05, 0.1) is 6.42 Å². The van der Waals surface area contributed by atoms with Gasteiger partial charge in [0, 0.05) is 36.1 Å². The molecule has 1 saturated heterocycles. The smallest absolute Gasteiger partial charge is 0.306 e. The lowest BCUT2D eigenvalue weighted by Gasteiger charge is -2.20. The summed E-state index contributed by atoms with van der Waals surface area (Å²) in [5.74, 6) is 1.95. The normalized spacial score (nSPS) is 18.8. The Morgan fingerprint density at radius 1 is 1.48 bits per heavy atom. The van der Waals surface area contributed by atoms with Gasteiger partial charge in [0.2, 0.25) is 5.69 Å². The standard InChI is InChI=1S/C16H22NO2S2/c1-2-6-14-7-3-4-10-17(14)11-5-8-16(18)19-15-9-12-20-21-13-15/h2-4,6-7,10,15H,5,8-9,11-13H2,1H3/q+1. The van der Waals surface area contributed by atoms with Gasteiger partial charge in [-0.1, -0.05) is 27.7 Å².